The third-order valence-electron chi connectivity index (χ3n) is 3.17. The van der Waals surface area contributed by atoms with Gasteiger partial charge >= 0.3 is 0 Å². The lowest BCUT2D eigenvalue weighted by Gasteiger charge is -2.15. The zero-order valence-electron chi connectivity index (χ0n) is 13.2. The molecule has 21 heavy (non-hydrogen) atoms. The Morgan fingerprint density at radius 2 is 2.00 bits per heavy atom. The first-order valence-electron chi connectivity index (χ1n) is 7.49. The maximum absolute atomic E-state index is 4.16. The summed E-state index contributed by atoms with van der Waals surface area (Å²) in [6.07, 6.45) is 3.76. The summed E-state index contributed by atoms with van der Waals surface area (Å²) in [6.45, 7) is 8.46. The number of pyridine rings is 1. The van der Waals surface area contributed by atoms with Crippen molar-refractivity contribution >= 4 is 11.3 Å². The van der Waals surface area contributed by atoms with E-state index in [1.54, 1.807) is 0 Å². The maximum Gasteiger partial charge on any atom is 0.0328 e. The quantitative estimate of drug-likeness (QED) is 0.809. The summed E-state index contributed by atoms with van der Waals surface area (Å²) in [4.78, 5) is 9.33. The van der Waals surface area contributed by atoms with E-state index in [0.717, 1.165) is 26.2 Å². The van der Waals surface area contributed by atoms with Crippen LogP contribution in [0.1, 0.15) is 29.2 Å². The fraction of sp³-hybridized carbons (Fsp3) is 0.471. The zero-order valence-corrected chi connectivity index (χ0v) is 14.0. The van der Waals surface area contributed by atoms with Crippen LogP contribution in [-0.4, -0.2) is 23.5 Å². The third-order valence-corrected chi connectivity index (χ3v) is 4.24. The van der Waals surface area contributed by atoms with E-state index in [1.807, 2.05) is 29.8 Å². The van der Waals surface area contributed by atoms with E-state index >= 15 is 0 Å². The van der Waals surface area contributed by atoms with Gasteiger partial charge in [-0.05, 0) is 43.3 Å². The Labute approximate surface area is 132 Å². The first-order chi connectivity index (χ1) is 10.1. The van der Waals surface area contributed by atoms with Gasteiger partial charge in [0.2, 0.25) is 0 Å². The molecule has 4 heteroatoms. The molecule has 0 atom stereocenters. The summed E-state index contributed by atoms with van der Waals surface area (Å²) in [6, 6.07) is 8.61. The summed E-state index contributed by atoms with van der Waals surface area (Å²) in [5, 5.41) is 3.50. The molecule has 0 aliphatic heterocycles. The van der Waals surface area contributed by atoms with Crippen molar-refractivity contribution < 1.29 is 0 Å². The van der Waals surface area contributed by atoms with Crippen LogP contribution in [0.15, 0.2) is 36.7 Å². The molecule has 2 rings (SSSR count). The minimum Gasteiger partial charge on any atom is -0.312 e. The Hall–Kier alpha value is -1.23. The van der Waals surface area contributed by atoms with Crippen molar-refractivity contribution in [2.45, 2.75) is 33.5 Å². The first-order valence-corrected chi connectivity index (χ1v) is 8.31. The van der Waals surface area contributed by atoms with Crippen molar-refractivity contribution in [1.29, 1.82) is 0 Å². The second-order valence-corrected chi connectivity index (χ2v) is 7.18. The van der Waals surface area contributed by atoms with Crippen molar-refractivity contribution in [3.63, 3.8) is 0 Å². The van der Waals surface area contributed by atoms with Crippen molar-refractivity contribution in [3.05, 3.63) is 52.0 Å². The van der Waals surface area contributed by atoms with Crippen molar-refractivity contribution in [3.8, 4) is 0 Å². The van der Waals surface area contributed by atoms with Crippen LogP contribution in [0.25, 0.3) is 0 Å². The van der Waals surface area contributed by atoms with E-state index < -0.39 is 0 Å². The number of nitrogens with zero attached hydrogens (tertiary/aromatic N) is 2. The molecular weight excluding hydrogens is 278 g/mol. The average molecular weight is 303 g/mol. The minimum atomic E-state index is 0.704. The molecule has 0 aliphatic rings. The predicted molar refractivity (Wildman–Crippen MR) is 90.3 cm³/mol. The van der Waals surface area contributed by atoms with Gasteiger partial charge in [-0.3, -0.25) is 9.88 Å². The largest absolute Gasteiger partial charge is 0.312 e. The van der Waals surface area contributed by atoms with Gasteiger partial charge in [-0.2, -0.15) is 0 Å². The van der Waals surface area contributed by atoms with Crippen molar-refractivity contribution in [1.82, 2.24) is 15.2 Å². The number of rotatable bonds is 8. The Morgan fingerprint density at radius 1 is 1.19 bits per heavy atom. The Bertz CT molecular complexity index is 522. The van der Waals surface area contributed by atoms with E-state index in [4.69, 9.17) is 0 Å². The SMILES string of the molecule is CC(C)CNCc1ccc(CN(C)Cc2cccnc2)s1. The molecule has 0 saturated carbocycles. The molecule has 0 aliphatic carbocycles. The highest BCUT2D eigenvalue weighted by atomic mass is 32.1. The molecule has 0 aromatic carbocycles. The Balaban J connectivity index is 1.79. The number of nitrogens with one attached hydrogen (secondary N) is 1. The molecule has 0 saturated heterocycles. The Kier molecular flexibility index (Phi) is 6.36. The van der Waals surface area contributed by atoms with Crippen LogP contribution >= 0.6 is 11.3 Å². The molecule has 0 unspecified atom stereocenters. The number of hydrogen-bond acceptors (Lipinski definition) is 4. The fourth-order valence-corrected chi connectivity index (χ4v) is 3.28. The lowest BCUT2D eigenvalue weighted by Crippen LogP contribution is -2.18. The predicted octanol–water partition coefficient (Wildman–Crippen LogP) is 3.52. The smallest absolute Gasteiger partial charge is 0.0328 e. The summed E-state index contributed by atoms with van der Waals surface area (Å²) in [5.74, 6) is 0.704. The van der Waals surface area contributed by atoms with E-state index in [-0.39, 0.29) is 0 Å². The van der Waals surface area contributed by atoms with Gasteiger partial charge in [0.15, 0.2) is 0 Å². The molecule has 114 valence electrons. The van der Waals surface area contributed by atoms with Gasteiger partial charge in [-0.15, -0.1) is 11.3 Å². The monoisotopic (exact) mass is 303 g/mol. The van der Waals surface area contributed by atoms with Gasteiger partial charge in [-0.25, -0.2) is 0 Å². The van der Waals surface area contributed by atoms with Gasteiger partial charge in [0.1, 0.15) is 0 Å². The molecular formula is C17H25N3S. The minimum absolute atomic E-state index is 0.704. The Morgan fingerprint density at radius 3 is 2.71 bits per heavy atom. The molecule has 2 aromatic rings. The number of aromatic nitrogens is 1. The van der Waals surface area contributed by atoms with Crippen LogP contribution in [0.3, 0.4) is 0 Å². The van der Waals surface area contributed by atoms with Crippen molar-refractivity contribution in [2.24, 2.45) is 5.92 Å². The molecule has 0 amide bonds. The highest BCUT2D eigenvalue weighted by Crippen LogP contribution is 2.18. The molecule has 3 nitrogen and oxygen atoms in total. The second-order valence-electron chi connectivity index (χ2n) is 5.93. The lowest BCUT2D eigenvalue weighted by atomic mass is 10.2. The summed E-state index contributed by atoms with van der Waals surface area (Å²) < 4.78 is 0. The van der Waals surface area contributed by atoms with Crippen LogP contribution in [-0.2, 0) is 19.6 Å². The second kappa shape index (κ2) is 8.27. The summed E-state index contributed by atoms with van der Waals surface area (Å²) in [5.41, 5.74) is 1.26. The number of thiophene rings is 1. The van der Waals surface area contributed by atoms with Crippen LogP contribution in [0.2, 0.25) is 0 Å². The van der Waals surface area contributed by atoms with E-state index in [0.29, 0.717) is 5.92 Å². The maximum atomic E-state index is 4.16. The van der Waals surface area contributed by atoms with Gasteiger partial charge < -0.3 is 5.32 Å². The molecule has 2 aromatic heterocycles. The standard InChI is InChI=1S/C17H25N3S/c1-14(2)9-19-11-16-6-7-17(21-16)13-20(3)12-15-5-4-8-18-10-15/h4-8,10,14,19H,9,11-13H2,1-3H3. The highest BCUT2D eigenvalue weighted by Gasteiger charge is 2.05. The fourth-order valence-electron chi connectivity index (χ4n) is 2.21. The summed E-state index contributed by atoms with van der Waals surface area (Å²) >= 11 is 1.90. The normalized spacial score (nSPS) is 11.5. The first kappa shape index (κ1) is 16.1. The molecule has 0 bridgehead atoms. The van der Waals surface area contributed by atoms with Crippen LogP contribution in [0.4, 0.5) is 0 Å². The van der Waals surface area contributed by atoms with Crippen molar-refractivity contribution in [2.75, 3.05) is 13.6 Å². The van der Waals surface area contributed by atoms with Crippen LogP contribution in [0, 0.1) is 5.92 Å². The molecule has 2 heterocycles. The van der Waals surface area contributed by atoms with E-state index in [2.05, 4.69) is 54.3 Å². The number of hydrogen-bond donors (Lipinski definition) is 1. The summed E-state index contributed by atoms with van der Waals surface area (Å²) in [7, 11) is 2.16. The average Bonchev–Trinajstić information content (AvgIpc) is 2.86. The molecule has 0 fully saturated rings. The molecule has 1 N–H and O–H groups in total. The van der Waals surface area contributed by atoms with Gasteiger partial charge in [0.05, 0.1) is 0 Å². The molecule has 0 radical (unpaired) electrons. The van der Waals surface area contributed by atoms with E-state index in [1.165, 1.54) is 15.3 Å². The van der Waals surface area contributed by atoms with Crippen LogP contribution in [0.5, 0.6) is 0 Å². The van der Waals surface area contributed by atoms with Crippen LogP contribution < -0.4 is 5.32 Å². The zero-order chi connectivity index (χ0) is 15.1. The van der Waals surface area contributed by atoms with E-state index in [9.17, 15) is 0 Å². The van der Waals surface area contributed by atoms with Gasteiger partial charge in [-0.1, -0.05) is 19.9 Å². The lowest BCUT2D eigenvalue weighted by molar-refractivity contribution is 0.321. The van der Waals surface area contributed by atoms with Gasteiger partial charge in [0, 0.05) is 41.8 Å². The highest BCUT2D eigenvalue weighted by molar-refractivity contribution is 7.11. The topological polar surface area (TPSA) is 28.2 Å². The van der Waals surface area contributed by atoms with Gasteiger partial charge in [0.25, 0.3) is 0 Å². The third kappa shape index (κ3) is 5.96. The molecule has 0 spiro atoms.